The molecule has 0 amide bonds. The van der Waals surface area contributed by atoms with E-state index in [1.807, 2.05) is 19.9 Å². The third-order valence-electron chi connectivity index (χ3n) is 6.94. The predicted octanol–water partition coefficient (Wildman–Crippen LogP) is 6.17. The zero-order valence-corrected chi connectivity index (χ0v) is 25.3. The zero-order chi connectivity index (χ0) is 30.5. The van der Waals surface area contributed by atoms with Crippen molar-refractivity contribution in [3.63, 3.8) is 0 Å². The number of rotatable bonds is 14. The minimum atomic E-state index is -4.11. The number of ether oxygens (including phenoxy) is 1. The summed E-state index contributed by atoms with van der Waals surface area (Å²) in [7, 11) is -4.11. The molecule has 4 aromatic rings. The number of pyridine rings is 1. The van der Waals surface area contributed by atoms with E-state index in [-0.39, 0.29) is 29.6 Å². The number of hydrogen-bond donors (Lipinski definition) is 1. The lowest BCUT2D eigenvalue weighted by atomic mass is 10.0. The van der Waals surface area contributed by atoms with Gasteiger partial charge in [0.1, 0.15) is 10.7 Å². The summed E-state index contributed by atoms with van der Waals surface area (Å²) in [5.41, 5.74) is 3.40. The second kappa shape index (κ2) is 13.1. The number of hydrogen-bond acceptors (Lipinski definition) is 8. The van der Waals surface area contributed by atoms with Gasteiger partial charge in [-0.2, -0.15) is 8.78 Å². The number of aryl methyl sites for hydroxylation is 2. The maximum absolute atomic E-state index is 14.5. The van der Waals surface area contributed by atoms with Gasteiger partial charge in [-0.15, -0.1) is 5.10 Å². The fourth-order valence-corrected chi connectivity index (χ4v) is 5.53. The Kier molecular flexibility index (Phi) is 9.72. The van der Waals surface area contributed by atoms with Crippen LogP contribution in [0.4, 0.5) is 14.7 Å². The van der Waals surface area contributed by atoms with E-state index in [0.29, 0.717) is 41.2 Å². The van der Waals surface area contributed by atoms with Crippen LogP contribution in [0.3, 0.4) is 0 Å². The van der Waals surface area contributed by atoms with Crippen molar-refractivity contribution in [1.29, 1.82) is 0 Å². The predicted molar refractivity (Wildman–Crippen MR) is 154 cm³/mol. The molecular weight excluding hydrogens is 566 g/mol. The molecule has 0 aliphatic heterocycles. The van der Waals surface area contributed by atoms with Crippen molar-refractivity contribution in [2.45, 2.75) is 84.3 Å². The number of nitrogens with one attached hydrogen (secondary N) is 1. The summed E-state index contributed by atoms with van der Waals surface area (Å²) in [6, 6.07) is 8.43. The number of halogens is 2. The minimum Gasteiger partial charge on any atom is -0.377 e. The molecule has 10 nitrogen and oxygen atoms in total. The van der Waals surface area contributed by atoms with Crippen LogP contribution in [0.15, 0.2) is 45.9 Å². The molecule has 0 aliphatic rings. The summed E-state index contributed by atoms with van der Waals surface area (Å²) in [4.78, 5) is 8.56. The van der Waals surface area contributed by atoms with Crippen LogP contribution in [0.2, 0.25) is 0 Å². The molecule has 42 heavy (non-hydrogen) atoms. The first kappa shape index (κ1) is 31.2. The molecule has 3 aromatic heterocycles. The van der Waals surface area contributed by atoms with E-state index in [9.17, 15) is 17.2 Å². The van der Waals surface area contributed by atoms with Gasteiger partial charge in [0.05, 0.1) is 24.5 Å². The number of sulfonamides is 1. The molecule has 0 fully saturated rings. The summed E-state index contributed by atoms with van der Waals surface area (Å²) >= 11 is 0. The van der Waals surface area contributed by atoms with Crippen LogP contribution in [0.5, 0.6) is 0 Å². The highest BCUT2D eigenvalue weighted by atomic mass is 32.2. The third kappa shape index (κ3) is 6.84. The molecular formula is C29H36F2N6O4S. The monoisotopic (exact) mass is 602 g/mol. The molecule has 226 valence electrons. The second-order valence-corrected chi connectivity index (χ2v) is 11.6. The van der Waals surface area contributed by atoms with Gasteiger partial charge < -0.3 is 9.26 Å². The molecule has 0 saturated heterocycles. The number of alkyl halides is 2. The van der Waals surface area contributed by atoms with Crippen molar-refractivity contribution in [1.82, 2.24) is 24.9 Å². The van der Waals surface area contributed by atoms with Gasteiger partial charge in [0.15, 0.2) is 0 Å². The Morgan fingerprint density at radius 2 is 1.93 bits per heavy atom. The molecule has 1 N–H and O–H groups in total. The molecule has 0 unspecified atom stereocenters. The molecule has 1 aromatic carbocycles. The normalized spacial score (nSPS) is 12.2. The highest BCUT2D eigenvalue weighted by molar-refractivity contribution is 7.92. The number of nitrogens with zero attached hydrogens (tertiary/aromatic N) is 5. The topological polar surface area (TPSA) is 125 Å². The minimum absolute atomic E-state index is 0.0342. The van der Waals surface area contributed by atoms with Gasteiger partial charge in [-0.05, 0) is 50.5 Å². The molecule has 0 saturated carbocycles. The smallest absolute Gasteiger partial charge is 0.308 e. The largest absolute Gasteiger partial charge is 0.377 e. The lowest BCUT2D eigenvalue weighted by Gasteiger charge is -2.15. The Morgan fingerprint density at radius 1 is 1.14 bits per heavy atom. The molecule has 0 bridgehead atoms. The van der Waals surface area contributed by atoms with Gasteiger partial charge in [0.2, 0.25) is 11.7 Å². The van der Waals surface area contributed by atoms with Crippen LogP contribution in [0.25, 0.3) is 11.3 Å². The van der Waals surface area contributed by atoms with E-state index in [2.05, 4.69) is 24.9 Å². The SMILES string of the molecule is CCCCc1nc(C(F)(F)CC)nn1Cc1ccc(-c2ncccc2S(=O)(=O)Nc2onc(C)c2C)c(COCC)c1. The van der Waals surface area contributed by atoms with E-state index in [4.69, 9.17) is 9.26 Å². The van der Waals surface area contributed by atoms with Gasteiger partial charge in [-0.25, -0.2) is 22.8 Å². The number of benzene rings is 1. The maximum Gasteiger partial charge on any atom is 0.308 e. The molecule has 13 heteroatoms. The maximum atomic E-state index is 14.5. The van der Waals surface area contributed by atoms with E-state index in [1.54, 1.807) is 32.0 Å². The van der Waals surface area contributed by atoms with Crippen molar-refractivity contribution in [3.8, 4) is 11.3 Å². The van der Waals surface area contributed by atoms with E-state index in [0.717, 1.165) is 18.4 Å². The second-order valence-electron chi connectivity index (χ2n) is 9.98. The summed E-state index contributed by atoms with van der Waals surface area (Å²) in [6.45, 7) is 9.54. The van der Waals surface area contributed by atoms with E-state index < -0.39 is 28.2 Å². The van der Waals surface area contributed by atoms with Crippen LogP contribution in [0.1, 0.15) is 74.1 Å². The van der Waals surface area contributed by atoms with E-state index in [1.165, 1.54) is 23.9 Å². The quantitative estimate of drug-likeness (QED) is 0.182. The van der Waals surface area contributed by atoms with Crippen LogP contribution >= 0.6 is 0 Å². The summed E-state index contributed by atoms with van der Waals surface area (Å²) < 4.78 is 70.7. The first-order valence-electron chi connectivity index (χ1n) is 13.9. The Hall–Kier alpha value is -3.71. The molecule has 4 rings (SSSR count). The highest BCUT2D eigenvalue weighted by Crippen LogP contribution is 2.32. The Morgan fingerprint density at radius 3 is 2.60 bits per heavy atom. The number of unbranched alkanes of at least 4 members (excludes halogenated alkanes) is 1. The fourth-order valence-electron chi connectivity index (χ4n) is 4.31. The average Bonchev–Trinajstić information content (AvgIpc) is 3.53. The Labute approximate surface area is 244 Å². The highest BCUT2D eigenvalue weighted by Gasteiger charge is 2.35. The van der Waals surface area contributed by atoms with Crippen LogP contribution in [0, 0.1) is 13.8 Å². The van der Waals surface area contributed by atoms with E-state index >= 15 is 0 Å². The van der Waals surface area contributed by atoms with Gasteiger partial charge in [-0.3, -0.25) is 4.98 Å². The molecule has 0 radical (unpaired) electrons. The van der Waals surface area contributed by atoms with Gasteiger partial charge in [-0.1, -0.05) is 43.6 Å². The first-order valence-corrected chi connectivity index (χ1v) is 15.4. The average molecular weight is 603 g/mol. The summed E-state index contributed by atoms with van der Waals surface area (Å²) in [5, 5.41) is 8.00. The third-order valence-corrected chi connectivity index (χ3v) is 8.30. The molecule has 0 atom stereocenters. The Balaban J connectivity index is 1.73. The fraction of sp³-hybridized carbons (Fsp3) is 0.448. The van der Waals surface area contributed by atoms with Crippen molar-refractivity contribution < 1.29 is 26.5 Å². The number of anilines is 1. The van der Waals surface area contributed by atoms with Gasteiger partial charge >= 0.3 is 5.92 Å². The van der Waals surface area contributed by atoms with Crippen molar-refractivity contribution in [2.75, 3.05) is 11.3 Å². The Bertz CT molecular complexity index is 1630. The zero-order valence-electron chi connectivity index (χ0n) is 24.4. The van der Waals surface area contributed by atoms with Crippen molar-refractivity contribution in [3.05, 3.63) is 70.6 Å². The van der Waals surface area contributed by atoms with Crippen LogP contribution < -0.4 is 4.72 Å². The van der Waals surface area contributed by atoms with Crippen molar-refractivity contribution >= 4 is 15.9 Å². The standard InChI is InChI=1S/C29H36F2N6O4S/c1-6-9-12-25-33-28(29(30,31)7-2)34-37(25)17-21-13-14-23(22(16-21)18-40-8-3)26-24(11-10-15-32-26)42(38,39)36-27-19(4)20(5)35-41-27/h10-11,13-16,36H,6-9,12,17-18H2,1-5H3. The molecule has 0 aliphatic carbocycles. The van der Waals surface area contributed by atoms with Crippen molar-refractivity contribution in [2.24, 2.45) is 0 Å². The van der Waals surface area contributed by atoms with Gasteiger partial charge in [0.25, 0.3) is 10.0 Å². The van der Waals surface area contributed by atoms with Gasteiger partial charge in [0, 0.05) is 36.8 Å². The van der Waals surface area contributed by atoms with Crippen LogP contribution in [-0.2, 0) is 40.3 Å². The first-order chi connectivity index (χ1) is 20.0. The summed E-state index contributed by atoms with van der Waals surface area (Å²) in [5.74, 6) is -3.06. The molecule has 0 spiro atoms. The number of aromatic nitrogens is 5. The lowest BCUT2D eigenvalue weighted by Crippen LogP contribution is -2.15. The molecule has 3 heterocycles. The summed E-state index contributed by atoms with van der Waals surface area (Å²) in [6.07, 6.45) is 3.33. The van der Waals surface area contributed by atoms with Crippen LogP contribution in [-0.4, -0.2) is 39.9 Å². The lowest BCUT2D eigenvalue weighted by molar-refractivity contribution is -0.0177.